The van der Waals surface area contributed by atoms with E-state index in [1.165, 1.54) is 11.3 Å². The molecule has 2 fully saturated rings. The van der Waals surface area contributed by atoms with E-state index >= 15 is 0 Å². The number of hydrogen-bond donors (Lipinski definition) is 0. The maximum absolute atomic E-state index is 6.05. The van der Waals surface area contributed by atoms with E-state index in [2.05, 4.69) is 20.9 Å². The molecule has 28 heavy (non-hydrogen) atoms. The predicted octanol–water partition coefficient (Wildman–Crippen LogP) is 4.31. The molecule has 142 valence electrons. The van der Waals surface area contributed by atoms with Crippen molar-refractivity contribution < 1.29 is 13.9 Å². The van der Waals surface area contributed by atoms with E-state index in [0.717, 1.165) is 65.7 Å². The van der Waals surface area contributed by atoms with Gasteiger partial charge in [-0.2, -0.15) is 4.98 Å². The van der Waals surface area contributed by atoms with Crippen molar-refractivity contribution in [3.8, 4) is 10.9 Å². The highest BCUT2D eigenvalue weighted by Gasteiger charge is 2.37. The molecule has 3 aromatic heterocycles. The number of furan rings is 1. The van der Waals surface area contributed by atoms with Crippen LogP contribution >= 0.6 is 11.3 Å². The van der Waals surface area contributed by atoms with E-state index in [1.54, 1.807) is 6.20 Å². The van der Waals surface area contributed by atoms with Crippen LogP contribution in [0.25, 0.3) is 21.3 Å². The smallest absolute Gasteiger partial charge is 0.281 e. The van der Waals surface area contributed by atoms with Crippen LogP contribution in [0.2, 0.25) is 0 Å². The molecule has 2 atom stereocenters. The number of aromatic nitrogens is 2. The number of likely N-dealkylation sites (tertiary alicyclic amines) is 1. The van der Waals surface area contributed by atoms with Gasteiger partial charge in [-0.25, -0.2) is 4.98 Å². The van der Waals surface area contributed by atoms with E-state index < -0.39 is 0 Å². The average Bonchev–Trinajstić information content (AvgIpc) is 3.43. The lowest BCUT2D eigenvalue weighted by molar-refractivity contribution is 0.150. The maximum Gasteiger partial charge on any atom is 0.281 e. The van der Waals surface area contributed by atoms with Crippen molar-refractivity contribution in [1.29, 1.82) is 0 Å². The maximum atomic E-state index is 6.05. The summed E-state index contributed by atoms with van der Waals surface area (Å²) in [4.78, 5) is 11.2. The first-order valence-corrected chi connectivity index (χ1v) is 10.3. The third kappa shape index (κ3) is 2.96. The van der Waals surface area contributed by atoms with E-state index in [1.807, 2.05) is 30.3 Å². The van der Waals surface area contributed by atoms with Crippen LogP contribution in [0, 0.1) is 11.8 Å². The Bertz CT molecular complexity index is 1110. The van der Waals surface area contributed by atoms with Gasteiger partial charge in [0.1, 0.15) is 17.1 Å². The molecule has 2 saturated heterocycles. The summed E-state index contributed by atoms with van der Waals surface area (Å²) in [6.45, 7) is 4.86. The predicted molar refractivity (Wildman–Crippen MR) is 107 cm³/mol. The molecule has 0 unspecified atom stereocenters. The Morgan fingerprint density at radius 2 is 2.04 bits per heavy atom. The summed E-state index contributed by atoms with van der Waals surface area (Å²) in [5, 5.41) is 1.65. The molecular formula is C21H19N3O3S. The van der Waals surface area contributed by atoms with Gasteiger partial charge < -0.3 is 13.9 Å². The molecule has 2 aliphatic rings. The fraction of sp³-hybridized carbons (Fsp3) is 0.333. The molecule has 0 amide bonds. The molecule has 0 spiro atoms. The number of pyridine rings is 1. The summed E-state index contributed by atoms with van der Waals surface area (Å²) < 4.78 is 18.6. The van der Waals surface area contributed by atoms with Crippen LogP contribution < -0.4 is 4.74 Å². The first-order valence-electron chi connectivity index (χ1n) is 9.52. The highest BCUT2D eigenvalue weighted by Crippen LogP contribution is 2.34. The highest BCUT2D eigenvalue weighted by atomic mass is 32.1. The van der Waals surface area contributed by atoms with Crippen LogP contribution in [0.15, 0.2) is 47.0 Å². The summed E-state index contributed by atoms with van der Waals surface area (Å²) in [5.74, 6) is 3.13. The fourth-order valence-corrected chi connectivity index (χ4v) is 5.04. The third-order valence-corrected chi connectivity index (χ3v) is 6.47. The van der Waals surface area contributed by atoms with Crippen molar-refractivity contribution in [2.24, 2.45) is 11.8 Å². The Morgan fingerprint density at radius 1 is 1.14 bits per heavy atom. The molecule has 6 nitrogen and oxygen atoms in total. The van der Waals surface area contributed by atoms with Crippen LogP contribution in [0.5, 0.6) is 10.9 Å². The molecule has 0 saturated carbocycles. The van der Waals surface area contributed by atoms with Crippen molar-refractivity contribution in [2.45, 2.75) is 6.54 Å². The zero-order chi connectivity index (χ0) is 18.5. The van der Waals surface area contributed by atoms with Gasteiger partial charge in [0, 0.05) is 36.5 Å². The van der Waals surface area contributed by atoms with E-state index in [4.69, 9.17) is 13.9 Å². The second kappa shape index (κ2) is 6.55. The van der Waals surface area contributed by atoms with Crippen LogP contribution in [0.1, 0.15) is 5.76 Å². The van der Waals surface area contributed by atoms with Crippen LogP contribution in [-0.2, 0) is 11.3 Å². The third-order valence-electron chi connectivity index (χ3n) is 5.58. The Morgan fingerprint density at radius 3 is 2.89 bits per heavy atom. The molecule has 1 aromatic carbocycles. The lowest BCUT2D eigenvalue weighted by Crippen LogP contribution is -2.22. The zero-order valence-electron chi connectivity index (χ0n) is 15.2. The van der Waals surface area contributed by atoms with Gasteiger partial charge >= 0.3 is 0 Å². The standard InChI is InChI=1S/C21H19N3O3S/c1-2-19-20(22-5-1)23-21(28-19)27-16-3-4-18-13(6-16)7-17(26-18)10-24-8-14-11-25-12-15(14)9-24/h1-7,14-15H,8-12H2/t14-,15+. The molecule has 2 aliphatic heterocycles. The molecule has 0 radical (unpaired) electrons. The minimum atomic E-state index is 0.600. The van der Waals surface area contributed by atoms with Gasteiger partial charge in [-0.1, -0.05) is 11.3 Å². The molecule has 0 N–H and O–H groups in total. The Kier molecular flexibility index (Phi) is 3.85. The summed E-state index contributed by atoms with van der Waals surface area (Å²) in [6.07, 6.45) is 1.74. The number of ether oxygens (including phenoxy) is 2. The molecule has 5 heterocycles. The molecule has 6 rings (SSSR count). The number of benzene rings is 1. The van der Waals surface area contributed by atoms with Crippen LogP contribution in [0.3, 0.4) is 0 Å². The molecule has 4 aromatic rings. The number of rotatable bonds is 4. The number of thiazole rings is 1. The van der Waals surface area contributed by atoms with Gasteiger partial charge in [0.25, 0.3) is 5.19 Å². The number of fused-ring (bicyclic) bond motifs is 3. The monoisotopic (exact) mass is 393 g/mol. The fourth-order valence-electron chi connectivity index (χ4n) is 4.25. The van der Waals surface area contributed by atoms with Gasteiger partial charge in [0.15, 0.2) is 5.65 Å². The summed E-state index contributed by atoms with van der Waals surface area (Å²) >= 11 is 1.50. The van der Waals surface area contributed by atoms with Gasteiger partial charge in [-0.3, -0.25) is 4.90 Å². The van der Waals surface area contributed by atoms with Crippen molar-refractivity contribution in [1.82, 2.24) is 14.9 Å². The topological polar surface area (TPSA) is 60.6 Å². The number of nitrogens with zero attached hydrogens (tertiary/aromatic N) is 3. The summed E-state index contributed by atoms with van der Waals surface area (Å²) in [6, 6.07) is 11.9. The van der Waals surface area contributed by atoms with Crippen molar-refractivity contribution >= 4 is 32.7 Å². The summed E-state index contributed by atoms with van der Waals surface area (Å²) in [5.41, 5.74) is 1.60. The quantitative estimate of drug-likeness (QED) is 0.515. The van der Waals surface area contributed by atoms with Crippen molar-refractivity contribution in [3.05, 3.63) is 48.4 Å². The Labute approximate surface area is 165 Å². The van der Waals surface area contributed by atoms with Crippen molar-refractivity contribution in [3.63, 3.8) is 0 Å². The van der Waals surface area contributed by atoms with Crippen LogP contribution in [0.4, 0.5) is 0 Å². The highest BCUT2D eigenvalue weighted by molar-refractivity contribution is 7.20. The normalized spacial score (nSPS) is 22.3. The summed E-state index contributed by atoms with van der Waals surface area (Å²) in [7, 11) is 0. The lowest BCUT2D eigenvalue weighted by atomic mass is 10.0. The van der Waals surface area contributed by atoms with E-state index in [9.17, 15) is 0 Å². The minimum Gasteiger partial charge on any atom is -0.460 e. The van der Waals surface area contributed by atoms with Gasteiger partial charge in [0.05, 0.1) is 24.5 Å². The average molecular weight is 393 g/mol. The largest absolute Gasteiger partial charge is 0.460 e. The number of hydrogen-bond acceptors (Lipinski definition) is 7. The van der Waals surface area contributed by atoms with E-state index in [-0.39, 0.29) is 0 Å². The molecular weight excluding hydrogens is 374 g/mol. The zero-order valence-corrected chi connectivity index (χ0v) is 16.0. The van der Waals surface area contributed by atoms with Gasteiger partial charge in [-0.05, 0) is 36.4 Å². The van der Waals surface area contributed by atoms with Gasteiger partial charge in [-0.15, -0.1) is 0 Å². The Balaban J connectivity index is 1.20. The van der Waals surface area contributed by atoms with E-state index in [0.29, 0.717) is 17.0 Å². The Hall–Kier alpha value is -2.48. The lowest BCUT2D eigenvalue weighted by Gasteiger charge is -2.14. The minimum absolute atomic E-state index is 0.600. The first-order chi connectivity index (χ1) is 13.8. The molecule has 7 heteroatoms. The first kappa shape index (κ1) is 16.5. The van der Waals surface area contributed by atoms with Crippen LogP contribution in [-0.4, -0.2) is 41.2 Å². The van der Waals surface area contributed by atoms with Gasteiger partial charge in [0.2, 0.25) is 0 Å². The second-order valence-corrected chi connectivity index (χ2v) is 8.56. The van der Waals surface area contributed by atoms with Crippen molar-refractivity contribution in [2.75, 3.05) is 26.3 Å². The molecule has 0 aliphatic carbocycles. The SMILES string of the molecule is c1cnc2nc(Oc3ccc4oc(CN5C[C@H]6COC[C@H]6C5)cc4c3)sc2c1. The second-order valence-electron chi connectivity index (χ2n) is 7.57. The molecule has 0 bridgehead atoms.